The summed E-state index contributed by atoms with van der Waals surface area (Å²) in [6.07, 6.45) is 6.43. The Morgan fingerprint density at radius 2 is 2.17 bits per heavy atom. The summed E-state index contributed by atoms with van der Waals surface area (Å²) in [7, 11) is 0. The normalized spacial score (nSPS) is 14.2. The molecule has 0 aromatic heterocycles. The number of hydrogen-bond donors (Lipinski definition) is 1. The van der Waals surface area contributed by atoms with Gasteiger partial charge in [0.1, 0.15) is 5.60 Å². The Morgan fingerprint density at radius 1 is 1.58 bits per heavy atom. The molecule has 0 atom stereocenters. The molecule has 1 N–H and O–H groups in total. The van der Waals surface area contributed by atoms with Gasteiger partial charge in [-0.25, -0.2) is 4.89 Å². The van der Waals surface area contributed by atoms with E-state index in [2.05, 4.69) is 11.8 Å². The molecule has 0 amide bonds. The number of allylic oxidation sites excluding steroid dienone is 3. The molecule has 0 spiro atoms. The van der Waals surface area contributed by atoms with Crippen LogP contribution in [-0.2, 0) is 4.89 Å². The second-order valence-corrected chi connectivity index (χ2v) is 3.35. The number of hydrogen-bond acceptors (Lipinski definition) is 2. The minimum Gasteiger partial charge on any atom is -0.251 e. The molecular weight excluding hydrogens is 152 g/mol. The summed E-state index contributed by atoms with van der Waals surface area (Å²) < 4.78 is 0. The molecule has 0 bridgehead atoms. The Balaban J connectivity index is 3.92. The van der Waals surface area contributed by atoms with E-state index in [9.17, 15) is 0 Å². The van der Waals surface area contributed by atoms with Crippen molar-refractivity contribution >= 4 is 0 Å². The van der Waals surface area contributed by atoms with Gasteiger partial charge >= 0.3 is 0 Å². The molecule has 0 unspecified atom stereocenters. The van der Waals surface area contributed by atoms with Crippen molar-refractivity contribution in [3.05, 3.63) is 30.7 Å². The van der Waals surface area contributed by atoms with Crippen molar-refractivity contribution in [1.29, 1.82) is 0 Å². The standard InChI is InChI=1S/C10H17O2/c1-5-9(2)7-6-8-10(3,4)12-11/h5-6,8,11H,1,7H2,2-4H3/b8-6+,9-5+. The van der Waals surface area contributed by atoms with Gasteiger partial charge in [-0.05, 0) is 34.1 Å². The van der Waals surface area contributed by atoms with E-state index in [0.717, 1.165) is 6.42 Å². The van der Waals surface area contributed by atoms with Gasteiger partial charge in [0.25, 0.3) is 0 Å². The highest BCUT2D eigenvalue weighted by Crippen LogP contribution is 2.10. The van der Waals surface area contributed by atoms with Crippen molar-refractivity contribution in [1.82, 2.24) is 0 Å². The van der Waals surface area contributed by atoms with Crippen LogP contribution >= 0.6 is 0 Å². The Hall–Kier alpha value is -0.600. The van der Waals surface area contributed by atoms with Crippen LogP contribution in [0.25, 0.3) is 0 Å². The van der Waals surface area contributed by atoms with Crippen molar-refractivity contribution in [2.75, 3.05) is 0 Å². The first-order valence-corrected chi connectivity index (χ1v) is 3.97. The maximum atomic E-state index is 8.44. The van der Waals surface area contributed by atoms with Crippen molar-refractivity contribution in [2.24, 2.45) is 0 Å². The molecule has 0 rings (SSSR count). The summed E-state index contributed by atoms with van der Waals surface area (Å²) in [4.78, 5) is 4.23. The van der Waals surface area contributed by atoms with Crippen LogP contribution in [0.4, 0.5) is 0 Å². The topological polar surface area (TPSA) is 29.5 Å². The van der Waals surface area contributed by atoms with E-state index in [4.69, 9.17) is 5.26 Å². The van der Waals surface area contributed by atoms with Gasteiger partial charge < -0.3 is 0 Å². The summed E-state index contributed by atoms with van der Waals surface area (Å²) in [5.41, 5.74) is 0.599. The Bertz CT molecular complexity index is 178. The molecule has 0 aromatic carbocycles. The molecule has 69 valence electrons. The summed E-state index contributed by atoms with van der Waals surface area (Å²) >= 11 is 0. The summed E-state index contributed by atoms with van der Waals surface area (Å²) in [6, 6.07) is 0. The molecule has 2 heteroatoms. The van der Waals surface area contributed by atoms with Crippen LogP contribution in [0.3, 0.4) is 0 Å². The van der Waals surface area contributed by atoms with E-state index in [1.54, 1.807) is 13.8 Å². The highest BCUT2D eigenvalue weighted by atomic mass is 17.1. The lowest BCUT2D eigenvalue weighted by Gasteiger charge is -2.14. The molecule has 1 radical (unpaired) electrons. The molecule has 12 heavy (non-hydrogen) atoms. The van der Waals surface area contributed by atoms with Crippen LogP contribution in [-0.4, -0.2) is 10.9 Å². The molecular formula is C10H17O2. The first-order chi connectivity index (χ1) is 5.52. The van der Waals surface area contributed by atoms with Gasteiger partial charge in [0, 0.05) is 0 Å². The monoisotopic (exact) mass is 169 g/mol. The van der Waals surface area contributed by atoms with Gasteiger partial charge in [0.05, 0.1) is 0 Å². The lowest BCUT2D eigenvalue weighted by atomic mass is 10.1. The zero-order chi connectivity index (χ0) is 9.61. The second kappa shape index (κ2) is 5.12. The van der Waals surface area contributed by atoms with Crippen LogP contribution in [0.15, 0.2) is 23.8 Å². The molecule has 2 nitrogen and oxygen atoms in total. The Labute approximate surface area is 74.5 Å². The fraction of sp³-hybridized carbons (Fsp3) is 0.500. The quantitative estimate of drug-likeness (QED) is 0.398. The zero-order valence-corrected chi connectivity index (χ0v) is 8.00. The predicted octanol–water partition coefficient (Wildman–Crippen LogP) is 2.98. The van der Waals surface area contributed by atoms with Gasteiger partial charge in [0.2, 0.25) is 0 Å². The van der Waals surface area contributed by atoms with Crippen molar-refractivity contribution < 1.29 is 10.1 Å². The summed E-state index contributed by atoms with van der Waals surface area (Å²) in [6.45, 7) is 9.22. The lowest BCUT2D eigenvalue weighted by molar-refractivity contribution is -0.297. The second-order valence-electron chi connectivity index (χ2n) is 3.35. The average Bonchev–Trinajstić information content (AvgIpc) is 2.04. The van der Waals surface area contributed by atoms with E-state index >= 15 is 0 Å². The van der Waals surface area contributed by atoms with Gasteiger partial charge in [-0.15, -0.1) is 0 Å². The van der Waals surface area contributed by atoms with E-state index in [1.165, 1.54) is 5.57 Å². The summed E-state index contributed by atoms with van der Waals surface area (Å²) in [5, 5.41) is 8.44. The Morgan fingerprint density at radius 3 is 2.58 bits per heavy atom. The lowest BCUT2D eigenvalue weighted by Crippen LogP contribution is -2.18. The molecule has 0 saturated carbocycles. The summed E-state index contributed by atoms with van der Waals surface area (Å²) in [5.74, 6) is 0. The van der Waals surface area contributed by atoms with Gasteiger partial charge in [-0.3, -0.25) is 5.26 Å². The van der Waals surface area contributed by atoms with Gasteiger partial charge in [-0.1, -0.05) is 23.8 Å². The average molecular weight is 169 g/mol. The van der Waals surface area contributed by atoms with Gasteiger partial charge in [-0.2, -0.15) is 0 Å². The third-order valence-electron chi connectivity index (χ3n) is 1.54. The van der Waals surface area contributed by atoms with E-state index in [1.807, 2.05) is 25.2 Å². The van der Waals surface area contributed by atoms with Crippen LogP contribution in [0.2, 0.25) is 0 Å². The van der Waals surface area contributed by atoms with Crippen LogP contribution in [0.1, 0.15) is 27.2 Å². The minimum atomic E-state index is -0.596. The fourth-order valence-corrected chi connectivity index (χ4v) is 0.642. The van der Waals surface area contributed by atoms with Crippen molar-refractivity contribution in [3.63, 3.8) is 0 Å². The molecule has 0 fully saturated rings. The molecule has 0 aliphatic rings. The molecule has 0 heterocycles. The van der Waals surface area contributed by atoms with Crippen molar-refractivity contribution in [2.45, 2.75) is 32.8 Å². The minimum absolute atomic E-state index is 0.596. The molecule has 0 saturated heterocycles. The molecule has 0 aromatic rings. The SMILES string of the molecule is [CH2]/C=C(\C)C/C=C/C(C)(C)OO. The van der Waals surface area contributed by atoms with E-state index in [0.29, 0.717) is 0 Å². The van der Waals surface area contributed by atoms with Crippen molar-refractivity contribution in [3.8, 4) is 0 Å². The highest BCUT2D eigenvalue weighted by Gasteiger charge is 2.12. The maximum Gasteiger partial charge on any atom is 0.116 e. The maximum absolute atomic E-state index is 8.44. The first kappa shape index (κ1) is 11.4. The first-order valence-electron chi connectivity index (χ1n) is 3.97. The van der Waals surface area contributed by atoms with Crippen LogP contribution in [0, 0.1) is 6.92 Å². The smallest absolute Gasteiger partial charge is 0.116 e. The third-order valence-corrected chi connectivity index (χ3v) is 1.54. The highest BCUT2D eigenvalue weighted by molar-refractivity contribution is 5.08. The van der Waals surface area contributed by atoms with E-state index in [-0.39, 0.29) is 0 Å². The van der Waals surface area contributed by atoms with Crippen LogP contribution < -0.4 is 0 Å². The molecule has 0 aliphatic carbocycles. The number of rotatable bonds is 4. The Kier molecular flexibility index (Phi) is 4.86. The van der Waals surface area contributed by atoms with Crippen LogP contribution in [0.5, 0.6) is 0 Å². The largest absolute Gasteiger partial charge is 0.251 e. The molecule has 0 aliphatic heterocycles. The predicted molar refractivity (Wildman–Crippen MR) is 50.7 cm³/mol. The third kappa shape index (κ3) is 5.10. The zero-order valence-electron chi connectivity index (χ0n) is 8.00. The van der Waals surface area contributed by atoms with Gasteiger partial charge in [0.15, 0.2) is 0 Å². The van der Waals surface area contributed by atoms with E-state index < -0.39 is 5.60 Å². The fourth-order valence-electron chi connectivity index (χ4n) is 0.642.